The second-order valence-electron chi connectivity index (χ2n) is 10.7. The molecule has 1 aliphatic heterocycles. The van der Waals surface area contributed by atoms with E-state index in [2.05, 4.69) is 37.9 Å². The minimum Gasteiger partial charge on any atom is -0.465 e. The molecule has 1 aliphatic rings. The first-order valence-corrected chi connectivity index (χ1v) is 12.0. The Labute approximate surface area is 205 Å². The molecular weight excluding hydrogens is 444 g/mol. The summed E-state index contributed by atoms with van der Waals surface area (Å²) in [6, 6.07) is 9.17. The summed E-state index contributed by atoms with van der Waals surface area (Å²) >= 11 is 0. The zero-order chi connectivity index (χ0) is 25.2. The molecule has 0 atom stereocenters. The highest BCUT2D eigenvalue weighted by Crippen LogP contribution is 2.38. The molecule has 8 heteroatoms. The number of rotatable bonds is 7. The number of benzene rings is 1. The molecule has 8 nitrogen and oxygen atoms in total. The number of esters is 1. The van der Waals surface area contributed by atoms with E-state index in [4.69, 9.17) is 9.47 Å². The summed E-state index contributed by atoms with van der Waals surface area (Å²) in [7, 11) is 1.83. The fraction of sp³-hybridized carbons (Fsp3) is 0.481. The molecule has 0 N–H and O–H groups in total. The third-order valence-corrected chi connectivity index (χ3v) is 6.14. The van der Waals surface area contributed by atoms with Crippen molar-refractivity contribution in [1.29, 1.82) is 0 Å². The highest BCUT2D eigenvalue weighted by atomic mass is 16.5. The zero-order valence-electron chi connectivity index (χ0n) is 21.2. The second kappa shape index (κ2) is 9.77. The Kier molecular flexibility index (Phi) is 6.94. The normalized spacial score (nSPS) is 17.3. The Balaban J connectivity index is 1.38. The summed E-state index contributed by atoms with van der Waals surface area (Å²) in [4.78, 5) is 25.0. The number of hydrogen-bond acceptors (Lipinski definition) is 6. The average molecular weight is 479 g/mol. The molecule has 1 aromatic carbocycles. The van der Waals surface area contributed by atoms with Crippen LogP contribution in [-0.2, 0) is 34.2 Å². The molecule has 35 heavy (non-hydrogen) atoms. The molecular formula is C27H34N4O4. The standard InChI is InChI=1S/C27H34N4O4/c1-26(2)14-21(15-27(3,4)35-26)18-34-25(33)13-20-8-6-7-19(11-20)12-23-24(32)9-10-31(29-23)22-16-28-30(5)17-22/h6-11,16-17,21H,12-15,18H2,1-5H3. The van der Waals surface area contributed by atoms with Gasteiger partial charge in [-0.2, -0.15) is 10.2 Å². The maximum absolute atomic E-state index is 12.6. The van der Waals surface area contributed by atoms with Crippen LogP contribution in [0.1, 0.15) is 57.4 Å². The molecule has 0 unspecified atom stereocenters. The van der Waals surface area contributed by atoms with E-state index >= 15 is 0 Å². The van der Waals surface area contributed by atoms with Crippen molar-refractivity contribution in [2.45, 2.75) is 64.6 Å². The molecule has 0 spiro atoms. The van der Waals surface area contributed by atoms with Gasteiger partial charge in [-0.05, 0) is 57.6 Å². The van der Waals surface area contributed by atoms with Gasteiger partial charge >= 0.3 is 5.97 Å². The molecule has 2 aromatic heterocycles. The first-order chi connectivity index (χ1) is 16.5. The van der Waals surface area contributed by atoms with Crippen molar-refractivity contribution in [3.05, 3.63) is 76.0 Å². The van der Waals surface area contributed by atoms with Crippen LogP contribution < -0.4 is 5.43 Å². The highest BCUT2D eigenvalue weighted by molar-refractivity contribution is 5.72. The molecule has 0 bridgehead atoms. The van der Waals surface area contributed by atoms with Crippen LogP contribution in [0.25, 0.3) is 5.69 Å². The van der Waals surface area contributed by atoms with Crippen molar-refractivity contribution < 1.29 is 14.3 Å². The van der Waals surface area contributed by atoms with Gasteiger partial charge in [0, 0.05) is 25.7 Å². The van der Waals surface area contributed by atoms with Gasteiger partial charge in [-0.15, -0.1) is 0 Å². The Morgan fingerprint density at radius 1 is 1.14 bits per heavy atom. The number of ether oxygens (including phenoxy) is 2. The lowest BCUT2D eigenvalue weighted by molar-refractivity contribution is -0.182. The molecule has 3 aromatic rings. The maximum atomic E-state index is 12.6. The lowest BCUT2D eigenvalue weighted by Gasteiger charge is -2.45. The van der Waals surface area contributed by atoms with Crippen molar-refractivity contribution in [2.75, 3.05) is 6.61 Å². The third-order valence-electron chi connectivity index (χ3n) is 6.14. The summed E-state index contributed by atoms with van der Waals surface area (Å²) < 4.78 is 15.1. The number of hydrogen-bond donors (Lipinski definition) is 0. The SMILES string of the molecule is Cn1cc(-n2ccc(=O)c(Cc3cccc(CC(=O)OCC4CC(C)(C)OC(C)(C)C4)c3)n2)cn1. The van der Waals surface area contributed by atoms with Crippen molar-refractivity contribution >= 4 is 5.97 Å². The van der Waals surface area contributed by atoms with E-state index in [1.165, 1.54) is 6.07 Å². The predicted octanol–water partition coefficient (Wildman–Crippen LogP) is 3.63. The highest BCUT2D eigenvalue weighted by Gasteiger charge is 2.39. The molecule has 186 valence electrons. The third kappa shape index (κ3) is 6.66. The minimum atomic E-state index is -0.249. The van der Waals surface area contributed by atoms with Crippen molar-refractivity contribution in [3.63, 3.8) is 0 Å². The van der Waals surface area contributed by atoms with Gasteiger partial charge < -0.3 is 9.47 Å². The van der Waals surface area contributed by atoms with Crippen LogP contribution in [0.5, 0.6) is 0 Å². The summed E-state index contributed by atoms with van der Waals surface area (Å²) in [5.41, 5.74) is 2.39. The lowest BCUT2D eigenvalue weighted by atomic mass is 9.81. The zero-order valence-corrected chi connectivity index (χ0v) is 21.2. The van der Waals surface area contributed by atoms with E-state index in [0.29, 0.717) is 18.7 Å². The average Bonchev–Trinajstić information content (AvgIpc) is 3.18. The van der Waals surface area contributed by atoms with Crippen LogP contribution in [0.2, 0.25) is 0 Å². The van der Waals surface area contributed by atoms with Crippen molar-refractivity contribution in [3.8, 4) is 5.69 Å². The van der Waals surface area contributed by atoms with Gasteiger partial charge in [0.25, 0.3) is 0 Å². The summed E-state index contributed by atoms with van der Waals surface area (Å²) in [6.45, 7) is 8.74. The fourth-order valence-corrected chi connectivity index (χ4v) is 5.12. The van der Waals surface area contributed by atoms with Gasteiger partial charge in [-0.25, -0.2) is 4.68 Å². The Morgan fingerprint density at radius 2 is 1.86 bits per heavy atom. The quantitative estimate of drug-likeness (QED) is 0.482. The molecule has 0 amide bonds. The van der Waals surface area contributed by atoms with E-state index in [-0.39, 0.29) is 34.9 Å². The molecule has 0 saturated carbocycles. The van der Waals surface area contributed by atoms with E-state index in [0.717, 1.165) is 29.7 Å². The number of carbonyl (C=O) groups is 1. The number of carbonyl (C=O) groups excluding carboxylic acids is 1. The van der Waals surface area contributed by atoms with Crippen molar-refractivity contribution in [1.82, 2.24) is 19.6 Å². The van der Waals surface area contributed by atoms with Gasteiger partial charge in [-0.3, -0.25) is 14.3 Å². The van der Waals surface area contributed by atoms with E-state index in [1.54, 1.807) is 21.8 Å². The number of aromatic nitrogens is 4. The maximum Gasteiger partial charge on any atom is 0.310 e. The summed E-state index contributed by atoms with van der Waals surface area (Å²) in [5.74, 6) is 0.0243. The largest absolute Gasteiger partial charge is 0.465 e. The Morgan fingerprint density at radius 3 is 2.54 bits per heavy atom. The molecule has 4 rings (SSSR count). The van der Waals surface area contributed by atoms with Crippen LogP contribution in [-0.4, -0.2) is 43.3 Å². The predicted molar refractivity (Wildman–Crippen MR) is 132 cm³/mol. The molecule has 1 saturated heterocycles. The molecule has 0 aliphatic carbocycles. The van der Waals surface area contributed by atoms with Crippen LogP contribution in [0, 0.1) is 5.92 Å². The van der Waals surface area contributed by atoms with Crippen LogP contribution >= 0.6 is 0 Å². The molecule has 0 radical (unpaired) electrons. The van der Waals surface area contributed by atoms with Crippen LogP contribution in [0.15, 0.2) is 53.7 Å². The van der Waals surface area contributed by atoms with Crippen LogP contribution in [0.3, 0.4) is 0 Å². The smallest absolute Gasteiger partial charge is 0.310 e. The lowest BCUT2D eigenvalue weighted by Crippen LogP contribution is -2.46. The van der Waals surface area contributed by atoms with E-state index in [9.17, 15) is 9.59 Å². The number of aryl methyl sites for hydroxylation is 1. The van der Waals surface area contributed by atoms with Crippen molar-refractivity contribution in [2.24, 2.45) is 13.0 Å². The molecule has 1 fully saturated rings. The van der Waals surface area contributed by atoms with Gasteiger partial charge in [0.05, 0.1) is 36.6 Å². The van der Waals surface area contributed by atoms with Gasteiger partial charge in [0.1, 0.15) is 11.4 Å². The summed E-state index contributed by atoms with van der Waals surface area (Å²) in [6.07, 6.45) is 7.43. The van der Waals surface area contributed by atoms with E-state index < -0.39 is 0 Å². The monoisotopic (exact) mass is 478 g/mol. The number of nitrogens with zero attached hydrogens (tertiary/aromatic N) is 4. The topological polar surface area (TPSA) is 88.2 Å². The summed E-state index contributed by atoms with van der Waals surface area (Å²) in [5, 5.41) is 8.65. The second-order valence-corrected chi connectivity index (χ2v) is 10.7. The van der Waals surface area contributed by atoms with E-state index in [1.807, 2.05) is 37.5 Å². The van der Waals surface area contributed by atoms with Crippen LogP contribution in [0.4, 0.5) is 0 Å². The fourth-order valence-electron chi connectivity index (χ4n) is 5.12. The minimum absolute atomic E-state index is 0.128. The molecule has 3 heterocycles. The first-order valence-electron chi connectivity index (χ1n) is 12.0. The first kappa shape index (κ1) is 24.9. The van der Waals surface area contributed by atoms with Gasteiger partial charge in [-0.1, -0.05) is 24.3 Å². The Bertz CT molecular complexity index is 1240. The Hall–Kier alpha value is -3.26. The van der Waals surface area contributed by atoms with Gasteiger partial charge in [0.2, 0.25) is 5.43 Å². The van der Waals surface area contributed by atoms with Gasteiger partial charge in [0.15, 0.2) is 0 Å².